The summed E-state index contributed by atoms with van der Waals surface area (Å²) < 4.78 is 5.71. The summed E-state index contributed by atoms with van der Waals surface area (Å²) in [5.41, 5.74) is 1.07. The molecule has 3 N–H and O–H groups in total. The summed E-state index contributed by atoms with van der Waals surface area (Å²) in [4.78, 5) is 19.1. The highest BCUT2D eigenvalue weighted by Crippen LogP contribution is 2.24. The number of hydrogen-bond donors (Lipinski definition) is 3. The van der Waals surface area contributed by atoms with Crippen molar-refractivity contribution < 1.29 is 9.21 Å². The fourth-order valence-corrected chi connectivity index (χ4v) is 3.66. The van der Waals surface area contributed by atoms with E-state index in [0.717, 1.165) is 31.0 Å². The summed E-state index contributed by atoms with van der Waals surface area (Å²) in [6.45, 7) is 6.15. The molecule has 0 saturated carbocycles. The van der Waals surface area contributed by atoms with Crippen LogP contribution in [0.5, 0.6) is 0 Å². The second kappa shape index (κ2) is 14.1. The van der Waals surface area contributed by atoms with Gasteiger partial charge in [-0.05, 0) is 50.6 Å². The first-order valence-corrected chi connectivity index (χ1v) is 10.9. The highest BCUT2D eigenvalue weighted by Gasteiger charge is 2.24. The lowest BCUT2D eigenvalue weighted by Crippen LogP contribution is -2.44. The number of guanidine groups is 1. The molecule has 0 aliphatic carbocycles. The van der Waals surface area contributed by atoms with Crippen molar-refractivity contribution in [2.24, 2.45) is 4.99 Å². The Morgan fingerprint density at radius 2 is 1.84 bits per heavy atom. The van der Waals surface area contributed by atoms with Crippen LogP contribution in [0.1, 0.15) is 43.6 Å². The first-order valence-electron chi connectivity index (χ1n) is 10.9. The number of nitrogens with one attached hydrogen (secondary N) is 3. The van der Waals surface area contributed by atoms with E-state index in [4.69, 9.17) is 4.42 Å². The second-order valence-electron chi connectivity index (χ2n) is 7.47. The molecule has 0 radical (unpaired) electrons. The molecule has 0 bridgehead atoms. The summed E-state index contributed by atoms with van der Waals surface area (Å²) >= 11 is 0. The van der Waals surface area contributed by atoms with Gasteiger partial charge in [-0.15, -0.1) is 24.0 Å². The van der Waals surface area contributed by atoms with Gasteiger partial charge in [0.25, 0.3) is 0 Å². The lowest BCUT2D eigenvalue weighted by molar-refractivity contribution is -0.119. The maximum absolute atomic E-state index is 12.2. The summed E-state index contributed by atoms with van der Waals surface area (Å²) in [5, 5.41) is 9.53. The van der Waals surface area contributed by atoms with Crippen LogP contribution in [0.3, 0.4) is 0 Å². The molecule has 1 aromatic heterocycles. The molecule has 1 atom stereocenters. The van der Waals surface area contributed by atoms with Gasteiger partial charge in [0.2, 0.25) is 5.91 Å². The van der Waals surface area contributed by atoms with Crippen LogP contribution in [-0.2, 0) is 11.3 Å². The molecule has 1 fully saturated rings. The normalized spacial score (nSPS) is 15.6. The first-order chi connectivity index (χ1) is 14.8. The number of furan rings is 1. The average Bonchev–Trinajstić information content (AvgIpc) is 3.32. The van der Waals surface area contributed by atoms with Gasteiger partial charge >= 0.3 is 0 Å². The third kappa shape index (κ3) is 8.53. The van der Waals surface area contributed by atoms with Crippen molar-refractivity contribution in [3.63, 3.8) is 0 Å². The number of carbonyl (C=O) groups excluding carboxylic acids is 1. The van der Waals surface area contributed by atoms with E-state index in [1.54, 1.807) is 6.26 Å². The van der Waals surface area contributed by atoms with Crippen LogP contribution in [0.15, 0.2) is 58.1 Å². The molecule has 1 aliphatic heterocycles. The standard InChI is InChI=1S/C23H33N5O2.HI/c1-2-24-23(27-18-22(29)25-16-19-10-5-3-6-11-19)26-17-20(21-12-9-15-30-21)28-13-7-4-8-14-28;/h3,5-6,9-12,15,20H,2,4,7-8,13-14,16-18H2,1H3,(H,25,29)(H2,24,26,27);1H. The minimum Gasteiger partial charge on any atom is -0.468 e. The second-order valence-corrected chi connectivity index (χ2v) is 7.47. The molecule has 7 nitrogen and oxygen atoms in total. The maximum atomic E-state index is 12.2. The number of halogens is 1. The number of piperidine rings is 1. The zero-order chi connectivity index (χ0) is 21.0. The van der Waals surface area contributed by atoms with Gasteiger partial charge in [-0.25, -0.2) is 4.99 Å². The average molecular weight is 539 g/mol. The van der Waals surface area contributed by atoms with Crippen LogP contribution in [0.25, 0.3) is 0 Å². The number of rotatable bonds is 9. The Bertz CT molecular complexity index is 777. The molecule has 31 heavy (non-hydrogen) atoms. The van der Waals surface area contributed by atoms with Crippen molar-refractivity contribution in [3.05, 3.63) is 60.1 Å². The predicted molar refractivity (Wildman–Crippen MR) is 135 cm³/mol. The van der Waals surface area contributed by atoms with Gasteiger partial charge in [0.15, 0.2) is 5.96 Å². The van der Waals surface area contributed by atoms with E-state index in [0.29, 0.717) is 19.0 Å². The van der Waals surface area contributed by atoms with Crippen molar-refractivity contribution >= 4 is 35.8 Å². The van der Waals surface area contributed by atoms with Crippen LogP contribution < -0.4 is 16.0 Å². The number of hydrogen-bond acceptors (Lipinski definition) is 4. The van der Waals surface area contributed by atoms with E-state index < -0.39 is 0 Å². The molecule has 2 heterocycles. The zero-order valence-electron chi connectivity index (χ0n) is 18.2. The summed E-state index contributed by atoms with van der Waals surface area (Å²) in [6, 6.07) is 14.0. The highest BCUT2D eigenvalue weighted by molar-refractivity contribution is 14.0. The van der Waals surface area contributed by atoms with E-state index in [1.165, 1.54) is 19.3 Å². The van der Waals surface area contributed by atoms with Gasteiger partial charge in [-0.1, -0.05) is 36.8 Å². The van der Waals surface area contributed by atoms with E-state index in [1.807, 2.05) is 49.4 Å². The van der Waals surface area contributed by atoms with Gasteiger partial charge in [0, 0.05) is 19.6 Å². The van der Waals surface area contributed by atoms with Crippen LogP contribution in [-0.4, -0.2) is 49.5 Å². The zero-order valence-corrected chi connectivity index (χ0v) is 20.5. The van der Waals surface area contributed by atoms with Gasteiger partial charge < -0.3 is 20.4 Å². The molecule has 3 rings (SSSR count). The van der Waals surface area contributed by atoms with Crippen LogP contribution in [0, 0.1) is 0 Å². The monoisotopic (exact) mass is 539 g/mol. The molecule has 0 spiro atoms. The van der Waals surface area contributed by atoms with E-state index in [-0.39, 0.29) is 42.5 Å². The lowest BCUT2D eigenvalue weighted by Gasteiger charge is -2.33. The quantitative estimate of drug-likeness (QED) is 0.259. The van der Waals surface area contributed by atoms with Crippen molar-refractivity contribution in [2.45, 2.75) is 38.8 Å². The molecule has 8 heteroatoms. The van der Waals surface area contributed by atoms with Crippen molar-refractivity contribution in [1.29, 1.82) is 0 Å². The fourth-order valence-electron chi connectivity index (χ4n) is 3.66. The van der Waals surface area contributed by atoms with E-state index in [9.17, 15) is 4.79 Å². The van der Waals surface area contributed by atoms with Gasteiger partial charge in [-0.3, -0.25) is 9.69 Å². The molecule has 1 amide bonds. The Kier molecular flexibility index (Phi) is 11.4. The first kappa shape index (κ1) is 25.2. The SMILES string of the molecule is CCNC(=NCC(=O)NCc1ccccc1)NCC(c1ccco1)N1CCCCC1.I. The Balaban J connectivity index is 0.00000341. The van der Waals surface area contributed by atoms with Crippen molar-refractivity contribution in [1.82, 2.24) is 20.9 Å². The van der Waals surface area contributed by atoms with Crippen LogP contribution in [0.4, 0.5) is 0 Å². The Labute approximate surface area is 202 Å². The van der Waals surface area contributed by atoms with E-state index >= 15 is 0 Å². The molecule has 1 unspecified atom stereocenters. The highest BCUT2D eigenvalue weighted by atomic mass is 127. The molecule has 2 aromatic rings. The Morgan fingerprint density at radius 1 is 1.06 bits per heavy atom. The fraction of sp³-hybridized carbons (Fsp3) is 0.478. The van der Waals surface area contributed by atoms with Crippen LogP contribution >= 0.6 is 24.0 Å². The molecule has 1 aromatic carbocycles. The number of benzene rings is 1. The minimum atomic E-state index is -0.102. The number of likely N-dealkylation sites (tertiary alicyclic amines) is 1. The molecule has 1 saturated heterocycles. The van der Waals surface area contributed by atoms with Crippen molar-refractivity contribution in [2.75, 3.05) is 32.7 Å². The van der Waals surface area contributed by atoms with E-state index in [2.05, 4.69) is 25.8 Å². The van der Waals surface area contributed by atoms with Gasteiger partial charge in [0.1, 0.15) is 12.3 Å². The smallest absolute Gasteiger partial charge is 0.242 e. The van der Waals surface area contributed by atoms with Crippen LogP contribution in [0.2, 0.25) is 0 Å². The Hall–Kier alpha value is -2.07. The molecular weight excluding hydrogens is 505 g/mol. The molecular formula is C23H34IN5O2. The molecule has 170 valence electrons. The maximum Gasteiger partial charge on any atom is 0.242 e. The number of carbonyl (C=O) groups is 1. The van der Waals surface area contributed by atoms with Gasteiger partial charge in [-0.2, -0.15) is 0 Å². The topological polar surface area (TPSA) is 81.9 Å². The minimum absolute atomic E-state index is 0. The predicted octanol–water partition coefficient (Wildman–Crippen LogP) is 3.30. The molecule has 1 aliphatic rings. The Morgan fingerprint density at radius 3 is 2.52 bits per heavy atom. The third-order valence-corrected chi connectivity index (χ3v) is 5.22. The summed E-state index contributed by atoms with van der Waals surface area (Å²) in [7, 11) is 0. The van der Waals surface area contributed by atoms with Gasteiger partial charge in [0.05, 0.1) is 12.3 Å². The number of amides is 1. The summed E-state index contributed by atoms with van der Waals surface area (Å²) in [6.07, 6.45) is 5.44. The van der Waals surface area contributed by atoms with Crippen molar-refractivity contribution in [3.8, 4) is 0 Å². The third-order valence-electron chi connectivity index (χ3n) is 5.22. The summed E-state index contributed by atoms with van der Waals surface area (Å²) in [5.74, 6) is 1.50. The number of nitrogens with zero attached hydrogens (tertiary/aromatic N) is 2. The largest absolute Gasteiger partial charge is 0.468 e. The lowest BCUT2D eigenvalue weighted by atomic mass is 10.1. The number of aliphatic imine (C=N–C) groups is 1.